The first kappa shape index (κ1) is 25.8. The highest BCUT2D eigenvalue weighted by Crippen LogP contribution is 2.49. The number of esters is 3. The summed E-state index contributed by atoms with van der Waals surface area (Å²) in [5, 5.41) is 0. The summed E-state index contributed by atoms with van der Waals surface area (Å²) in [4.78, 5) is 54.3. The number of hydrogen-bond donors (Lipinski definition) is 0. The zero-order valence-electron chi connectivity index (χ0n) is 21.8. The van der Waals surface area contributed by atoms with Gasteiger partial charge in [-0.15, -0.1) is 0 Å². The van der Waals surface area contributed by atoms with E-state index in [2.05, 4.69) is 4.98 Å². The van der Waals surface area contributed by atoms with Crippen LogP contribution in [0.25, 0.3) is 17.4 Å². The fourth-order valence-electron chi connectivity index (χ4n) is 4.90. The molecule has 0 aliphatic carbocycles. The van der Waals surface area contributed by atoms with Crippen molar-refractivity contribution in [3.05, 3.63) is 106 Å². The van der Waals surface area contributed by atoms with Crippen LogP contribution in [0.2, 0.25) is 0 Å². The van der Waals surface area contributed by atoms with E-state index in [1.165, 1.54) is 32.4 Å². The van der Waals surface area contributed by atoms with Crippen LogP contribution in [0, 0.1) is 0 Å². The molecule has 4 aromatic rings. The van der Waals surface area contributed by atoms with Crippen LogP contribution >= 0.6 is 0 Å². The van der Waals surface area contributed by atoms with Gasteiger partial charge in [0.1, 0.15) is 23.0 Å². The summed E-state index contributed by atoms with van der Waals surface area (Å²) < 4.78 is 27.4. The highest BCUT2D eigenvalue weighted by Gasteiger charge is 2.39. The molecule has 0 saturated carbocycles. The predicted molar refractivity (Wildman–Crippen MR) is 143 cm³/mol. The third-order valence-electron chi connectivity index (χ3n) is 6.79. The van der Waals surface area contributed by atoms with Gasteiger partial charge in [0.15, 0.2) is 5.76 Å². The van der Waals surface area contributed by atoms with Gasteiger partial charge < -0.3 is 23.4 Å². The van der Waals surface area contributed by atoms with Crippen LogP contribution in [0.4, 0.5) is 0 Å². The molecule has 0 amide bonds. The molecule has 0 bridgehead atoms. The number of pyridine rings is 1. The van der Waals surface area contributed by atoms with Gasteiger partial charge >= 0.3 is 17.9 Å². The molecule has 204 valence electrons. The first-order valence-electron chi connectivity index (χ1n) is 12.5. The SMILES string of the molecule is COC(=O)c1cc(C(=O)OC)cc(-c2ccc(C3CC(=O)Oc4ccc5c(c43)OC(=Cc3cccnc3)C5=O)o2)c1. The monoisotopic (exact) mass is 551 g/mol. The van der Waals surface area contributed by atoms with Crippen molar-refractivity contribution in [2.24, 2.45) is 0 Å². The third-order valence-corrected chi connectivity index (χ3v) is 6.79. The molecule has 41 heavy (non-hydrogen) atoms. The van der Waals surface area contributed by atoms with Crippen molar-refractivity contribution in [1.29, 1.82) is 0 Å². The molecule has 6 rings (SSSR count). The third kappa shape index (κ3) is 4.65. The molecule has 10 nitrogen and oxygen atoms in total. The van der Waals surface area contributed by atoms with Gasteiger partial charge in [-0.1, -0.05) is 6.07 Å². The molecule has 2 aromatic carbocycles. The smallest absolute Gasteiger partial charge is 0.337 e. The molecule has 0 N–H and O–H groups in total. The van der Waals surface area contributed by atoms with Crippen LogP contribution < -0.4 is 9.47 Å². The number of ether oxygens (including phenoxy) is 4. The minimum absolute atomic E-state index is 0.0643. The molecular weight excluding hydrogens is 530 g/mol. The number of carbonyl (C=O) groups is 4. The molecule has 2 aliphatic rings. The number of fused-ring (bicyclic) bond motifs is 3. The van der Waals surface area contributed by atoms with Crippen molar-refractivity contribution in [3.8, 4) is 22.8 Å². The quantitative estimate of drug-likeness (QED) is 0.190. The average Bonchev–Trinajstić information content (AvgIpc) is 3.61. The summed E-state index contributed by atoms with van der Waals surface area (Å²) in [5.74, 6) is -1.29. The van der Waals surface area contributed by atoms with Gasteiger partial charge in [-0.2, -0.15) is 0 Å². The van der Waals surface area contributed by atoms with E-state index in [9.17, 15) is 19.2 Å². The van der Waals surface area contributed by atoms with Gasteiger partial charge in [-0.3, -0.25) is 14.6 Å². The van der Waals surface area contributed by atoms with Crippen molar-refractivity contribution in [2.75, 3.05) is 14.2 Å². The van der Waals surface area contributed by atoms with Crippen molar-refractivity contribution in [1.82, 2.24) is 4.98 Å². The lowest BCUT2D eigenvalue weighted by molar-refractivity contribution is -0.135. The summed E-state index contributed by atoms with van der Waals surface area (Å²) in [6.07, 6.45) is 4.77. The second kappa shape index (κ2) is 10.2. The summed E-state index contributed by atoms with van der Waals surface area (Å²) in [7, 11) is 2.47. The maximum atomic E-state index is 13.2. The van der Waals surface area contributed by atoms with Gasteiger partial charge in [0.05, 0.1) is 43.2 Å². The van der Waals surface area contributed by atoms with E-state index in [-0.39, 0.29) is 34.8 Å². The number of ketones is 1. The lowest BCUT2D eigenvalue weighted by Gasteiger charge is -2.24. The molecule has 0 spiro atoms. The Bertz CT molecular complexity index is 1730. The standard InChI is InChI=1S/C31H21NO9/c1-37-30(35)18-11-17(12-19(13-18)31(36)38-2)22-7-8-23(39-22)21-14-26(33)40-24-6-5-20-28(34)25(41-29(20)27(21)24)10-16-4-3-9-32-15-16/h3-13,15,21H,14H2,1-2H3. The number of furan rings is 1. The van der Waals surface area contributed by atoms with E-state index in [0.717, 1.165) is 0 Å². The van der Waals surface area contributed by atoms with E-state index in [1.807, 2.05) is 0 Å². The Morgan fingerprint density at radius 1 is 0.951 bits per heavy atom. The highest BCUT2D eigenvalue weighted by molar-refractivity contribution is 6.15. The van der Waals surface area contributed by atoms with Crippen LogP contribution in [0.5, 0.6) is 11.5 Å². The second-order valence-electron chi connectivity index (χ2n) is 9.30. The van der Waals surface area contributed by atoms with Crippen LogP contribution in [0.3, 0.4) is 0 Å². The van der Waals surface area contributed by atoms with Crippen molar-refractivity contribution in [2.45, 2.75) is 12.3 Å². The van der Waals surface area contributed by atoms with E-state index in [0.29, 0.717) is 39.5 Å². The Hall–Kier alpha value is -5.51. The Morgan fingerprint density at radius 3 is 2.39 bits per heavy atom. The summed E-state index contributed by atoms with van der Waals surface area (Å²) in [6, 6.07) is 14.5. The maximum Gasteiger partial charge on any atom is 0.337 e. The maximum absolute atomic E-state index is 13.2. The van der Waals surface area contributed by atoms with Crippen molar-refractivity contribution >= 4 is 29.8 Å². The molecule has 0 saturated heterocycles. The molecular formula is C31H21NO9. The number of carbonyl (C=O) groups excluding carboxylic acids is 4. The van der Waals surface area contributed by atoms with Gasteiger partial charge in [-0.25, -0.2) is 9.59 Å². The number of allylic oxidation sites excluding steroid dienone is 1. The van der Waals surface area contributed by atoms with E-state index in [4.69, 9.17) is 23.4 Å². The number of aromatic nitrogens is 1. The van der Waals surface area contributed by atoms with Crippen molar-refractivity contribution < 1.29 is 42.5 Å². The zero-order chi connectivity index (χ0) is 28.7. The highest BCUT2D eigenvalue weighted by atomic mass is 16.5. The zero-order valence-corrected chi connectivity index (χ0v) is 21.8. The Kier molecular flexibility index (Phi) is 6.43. The second-order valence-corrected chi connectivity index (χ2v) is 9.30. The molecule has 4 heterocycles. The lowest BCUT2D eigenvalue weighted by Crippen LogP contribution is -2.21. The number of hydrogen-bond acceptors (Lipinski definition) is 10. The molecule has 2 aromatic heterocycles. The molecule has 0 radical (unpaired) electrons. The Balaban J connectivity index is 1.41. The number of methoxy groups -OCH3 is 2. The van der Waals surface area contributed by atoms with Crippen LogP contribution in [-0.4, -0.2) is 42.9 Å². The summed E-state index contributed by atoms with van der Waals surface area (Å²) in [5.41, 5.74) is 2.22. The first-order valence-corrected chi connectivity index (χ1v) is 12.5. The fraction of sp³-hybridized carbons (Fsp3) is 0.129. The number of Topliss-reactive ketones (excluding diaryl/α,β-unsaturated/α-hetero) is 1. The molecule has 10 heteroatoms. The topological polar surface area (TPSA) is 131 Å². The van der Waals surface area contributed by atoms with Gasteiger partial charge in [0, 0.05) is 23.5 Å². The normalized spacial score (nSPS) is 16.4. The van der Waals surface area contributed by atoms with E-state index < -0.39 is 23.8 Å². The van der Waals surface area contributed by atoms with Crippen molar-refractivity contribution in [3.63, 3.8) is 0 Å². The number of nitrogens with zero attached hydrogens (tertiary/aromatic N) is 1. The summed E-state index contributed by atoms with van der Waals surface area (Å²) >= 11 is 0. The lowest BCUT2D eigenvalue weighted by atomic mass is 9.88. The Morgan fingerprint density at radius 2 is 1.71 bits per heavy atom. The molecule has 0 fully saturated rings. The number of rotatable bonds is 5. The number of benzene rings is 2. The largest absolute Gasteiger partial charge is 0.465 e. The minimum Gasteiger partial charge on any atom is -0.465 e. The molecule has 2 aliphatic heterocycles. The van der Waals surface area contributed by atoms with Gasteiger partial charge in [-0.05, 0) is 60.2 Å². The van der Waals surface area contributed by atoms with E-state index >= 15 is 0 Å². The van der Waals surface area contributed by atoms with Crippen LogP contribution in [-0.2, 0) is 14.3 Å². The molecule has 1 unspecified atom stereocenters. The van der Waals surface area contributed by atoms with Crippen LogP contribution in [0.1, 0.15) is 60.3 Å². The van der Waals surface area contributed by atoms with Crippen LogP contribution in [0.15, 0.2) is 77.2 Å². The van der Waals surface area contributed by atoms with Gasteiger partial charge in [0.25, 0.3) is 0 Å². The summed E-state index contributed by atoms with van der Waals surface area (Å²) in [6.45, 7) is 0. The van der Waals surface area contributed by atoms with E-state index in [1.54, 1.807) is 54.9 Å². The predicted octanol–water partition coefficient (Wildman–Crippen LogP) is 4.97. The Labute approximate surface area is 233 Å². The fourth-order valence-corrected chi connectivity index (χ4v) is 4.90. The molecule has 1 atom stereocenters. The minimum atomic E-state index is -0.639. The average molecular weight is 552 g/mol. The van der Waals surface area contributed by atoms with Gasteiger partial charge in [0.2, 0.25) is 5.78 Å². The first-order chi connectivity index (χ1) is 19.9.